The largest absolute Gasteiger partial charge is 0.340 e. The second-order valence-corrected chi connectivity index (χ2v) is 5.85. The summed E-state index contributed by atoms with van der Waals surface area (Å²) < 4.78 is 0. The van der Waals surface area contributed by atoms with Crippen LogP contribution in [0.3, 0.4) is 0 Å². The smallest absolute Gasteiger partial charge is 0.244 e. The molecule has 0 saturated carbocycles. The van der Waals surface area contributed by atoms with Gasteiger partial charge in [0.1, 0.15) is 6.04 Å². The fourth-order valence-corrected chi connectivity index (χ4v) is 3.25. The summed E-state index contributed by atoms with van der Waals surface area (Å²) in [6.07, 6.45) is 3.01. The Morgan fingerprint density at radius 3 is 2.82 bits per heavy atom. The Morgan fingerprint density at radius 2 is 2.35 bits per heavy atom. The first-order valence-electron chi connectivity index (χ1n) is 5.66. The quantitative estimate of drug-likeness (QED) is 0.864. The van der Waals surface area contributed by atoms with E-state index in [9.17, 15) is 4.79 Å². The molecule has 2 N–H and O–H groups in total. The highest BCUT2D eigenvalue weighted by molar-refractivity contribution is 7.98. The van der Waals surface area contributed by atoms with Gasteiger partial charge >= 0.3 is 0 Å². The zero-order valence-corrected chi connectivity index (χ0v) is 12.2. The van der Waals surface area contributed by atoms with Crippen LogP contribution in [0.4, 0.5) is 0 Å². The van der Waals surface area contributed by atoms with Crippen LogP contribution in [0.5, 0.6) is 0 Å². The van der Waals surface area contributed by atoms with Crippen molar-refractivity contribution in [2.24, 2.45) is 5.73 Å². The van der Waals surface area contributed by atoms with Gasteiger partial charge in [0.2, 0.25) is 5.91 Å². The normalized spacial score (nSPS) is 14.4. The van der Waals surface area contributed by atoms with E-state index in [1.807, 2.05) is 24.6 Å². The number of amides is 1. The number of likely N-dealkylation sites (N-methyl/N-ethyl adjacent to an activating group) is 1. The van der Waals surface area contributed by atoms with E-state index < -0.39 is 6.04 Å². The second kappa shape index (κ2) is 7.03. The standard InChI is InChI=1S/C12H20N2OS2/c1-4-9(8-16-3)14(2)12(15)11(13)10-6-5-7-17-10/h5-7,9,11H,4,8,13H2,1-3H3. The summed E-state index contributed by atoms with van der Waals surface area (Å²) in [6, 6.07) is 3.59. The van der Waals surface area contributed by atoms with Crippen LogP contribution in [0, 0.1) is 0 Å². The van der Waals surface area contributed by atoms with Crippen LogP contribution in [0.25, 0.3) is 0 Å². The van der Waals surface area contributed by atoms with Gasteiger partial charge in [-0.1, -0.05) is 13.0 Å². The van der Waals surface area contributed by atoms with Crippen LogP contribution >= 0.6 is 23.1 Å². The Bertz CT molecular complexity index is 340. The van der Waals surface area contributed by atoms with Gasteiger partial charge in [-0.3, -0.25) is 4.79 Å². The van der Waals surface area contributed by atoms with Crippen molar-refractivity contribution in [3.63, 3.8) is 0 Å². The van der Waals surface area contributed by atoms with Gasteiger partial charge in [0.25, 0.3) is 0 Å². The Hall–Kier alpha value is -0.520. The lowest BCUT2D eigenvalue weighted by molar-refractivity contribution is -0.133. The molecule has 0 saturated heterocycles. The summed E-state index contributed by atoms with van der Waals surface area (Å²) in [6.45, 7) is 2.10. The van der Waals surface area contributed by atoms with Crippen molar-refractivity contribution in [2.45, 2.75) is 25.4 Å². The fraction of sp³-hybridized carbons (Fsp3) is 0.583. The van der Waals surface area contributed by atoms with E-state index in [0.29, 0.717) is 0 Å². The Balaban J connectivity index is 2.68. The van der Waals surface area contributed by atoms with Gasteiger partial charge in [0, 0.05) is 23.7 Å². The molecule has 1 aromatic heterocycles. The van der Waals surface area contributed by atoms with Crippen molar-refractivity contribution in [1.82, 2.24) is 4.90 Å². The van der Waals surface area contributed by atoms with E-state index >= 15 is 0 Å². The molecule has 2 atom stereocenters. The lowest BCUT2D eigenvalue weighted by atomic mass is 10.1. The highest BCUT2D eigenvalue weighted by Gasteiger charge is 2.24. The topological polar surface area (TPSA) is 46.3 Å². The number of rotatable bonds is 6. The van der Waals surface area contributed by atoms with Gasteiger partial charge in [-0.25, -0.2) is 0 Å². The third-order valence-electron chi connectivity index (χ3n) is 2.84. The summed E-state index contributed by atoms with van der Waals surface area (Å²) in [7, 11) is 1.85. The van der Waals surface area contributed by atoms with Crippen LogP contribution in [-0.4, -0.2) is 35.9 Å². The van der Waals surface area contributed by atoms with E-state index in [4.69, 9.17) is 5.73 Å². The third-order valence-corrected chi connectivity index (χ3v) is 4.51. The molecule has 1 heterocycles. The molecular weight excluding hydrogens is 252 g/mol. The van der Waals surface area contributed by atoms with Crippen molar-refractivity contribution in [3.8, 4) is 0 Å². The first kappa shape index (κ1) is 14.5. The third kappa shape index (κ3) is 3.72. The molecule has 1 aromatic rings. The van der Waals surface area contributed by atoms with E-state index in [1.54, 1.807) is 16.7 Å². The van der Waals surface area contributed by atoms with Crippen LogP contribution in [0.1, 0.15) is 24.3 Å². The van der Waals surface area contributed by atoms with E-state index in [1.165, 1.54) is 11.3 Å². The van der Waals surface area contributed by atoms with Crippen molar-refractivity contribution in [2.75, 3.05) is 19.1 Å². The molecule has 17 heavy (non-hydrogen) atoms. The summed E-state index contributed by atoms with van der Waals surface area (Å²) in [5, 5.41) is 1.95. The van der Waals surface area contributed by atoms with Gasteiger partial charge in [-0.05, 0) is 24.1 Å². The minimum absolute atomic E-state index is 0.00773. The molecular formula is C12H20N2OS2. The molecule has 0 aliphatic carbocycles. The number of nitrogens with zero attached hydrogens (tertiary/aromatic N) is 1. The first-order chi connectivity index (χ1) is 8.11. The maximum absolute atomic E-state index is 12.2. The molecule has 0 radical (unpaired) electrons. The Kier molecular flexibility index (Phi) is 6.02. The number of carbonyl (C=O) groups is 1. The molecule has 3 nitrogen and oxygen atoms in total. The number of hydrogen-bond donors (Lipinski definition) is 1. The first-order valence-corrected chi connectivity index (χ1v) is 7.93. The number of hydrogen-bond acceptors (Lipinski definition) is 4. The van der Waals surface area contributed by atoms with Crippen LogP contribution < -0.4 is 5.73 Å². The molecule has 0 aliphatic rings. The van der Waals surface area contributed by atoms with Crippen LogP contribution in [0.15, 0.2) is 17.5 Å². The molecule has 0 aromatic carbocycles. The molecule has 96 valence electrons. The Morgan fingerprint density at radius 1 is 1.65 bits per heavy atom. The monoisotopic (exact) mass is 272 g/mol. The lowest BCUT2D eigenvalue weighted by Gasteiger charge is -2.28. The predicted molar refractivity (Wildman–Crippen MR) is 76.5 cm³/mol. The molecule has 0 spiro atoms. The fourth-order valence-electron chi connectivity index (χ4n) is 1.69. The molecule has 5 heteroatoms. The number of thioether (sulfide) groups is 1. The number of thiophene rings is 1. The summed E-state index contributed by atoms with van der Waals surface area (Å²) in [5.41, 5.74) is 5.98. The maximum atomic E-state index is 12.2. The molecule has 0 fully saturated rings. The summed E-state index contributed by atoms with van der Waals surface area (Å²) in [5.74, 6) is 0.962. The van der Waals surface area contributed by atoms with Gasteiger partial charge in [-0.2, -0.15) is 11.8 Å². The molecule has 0 bridgehead atoms. The van der Waals surface area contributed by atoms with Crippen molar-refractivity contribution in [3.05, 3.63) is 22.4 Å². The average molecular weight is 272 g/mol. The predicted octanol–water partition coefficient (Wildman–Crippen LogP) is 2.35. The minimum atomic E-state index is -0.518. The minimum Gasteiger partial charge on any atom is -0.340 e. The van der Waals surface area contributed by atoms with Crippen molar-refractivity contribution >= 4 is 29.0 Å². The second-order valence-electron chi connectivity index (χ2n) is 3.96. The number of carbonyl (C=O) groups excluding carboxylic acids is 1. The molecule has 1 rings (SSSR count). The number of nitrogens with two attached hydrogens (primary N) is 1. The lowest BCUT2D eigenvalue weighted by Crippen LogP contribution is -2.43. The van der Waals surface area contributed by atoms with Crippen molar-refractivity contribution in [1.29, 1.82) is 0 Å². The zero-order chi connectivity index (χ0) is 12.8. The van der Waals surface area contributed by atoms with E-state index in [-0.39, 0.29) is 11.9 Å². The molecule has 2 unspecified atom stereocenters. The van der Waals surface area contributed by atoms with Crippen molar-refractivity contribution < 1.29 is 4.79 Å². The SMILES string of the molecule is CCC(CSC)N(C)C(=O)C(N)c1cccs1. The summed E-state index contributed by atoms with van der Waals surface area (Å²) in [4.78, 5) is 14.9. The van der Waals surface area contributed by atoms with Crippen LogP contribution in [-0.2, 0) is 4.79 Å². The van der Waals surface area contributed by atoms with Crippen LogP contribution in [0.2, 0.25) is 0 Å². The van der Waals surface area contributed by atoms with Gasteiger partial charge in [0.05, 0.1) is 0 Å². The van der Waals surface area contributed by atoms with E-state index in [2.05, 4.69) is 13.2 Å². The zero-order valence-electron chi connectivity index (χ0n) is 10.6. The Labute approximate surface area is 111 Å². The molecule has 0 aliphatic heterocycles. The average Bonchev–Trinajstić information content (AvgIpc) is 2.87. The van der Waals surface area contributed by atoms with Gasteiger partial charge in [-0.15, -0.1) is 11.3 Å². The van der Waals surface area contributed by atoms with Gasteiger partial charge in [0.15, 0.2) is 0 Å². The maximum Gasteiger partial charge on any atom is 0.244 e. The van der Waals surface area contributed by atoms with E-state index in [0.717, 1.165) is 17.1 Å². The van der Waals surface area contributed by atoms with Gasteiger partial charge < -0.3 is 10.6 Å². The highest BCUT2D eigenvalue weighted by Crippen LogP contribution is 2.20. The highest BCUT2D eigenvalue weighted by atomic mass is 32.2. The summed E-state index contributed by atoms with van der Waals surface area (Å²) >= 11 is 3.29. The molecule has 1 amide bonds.